The molecule has 0 aliphatic rings. The van der Waals surface area contributed by atoms with E-state index < -0.39 is 0 Å². The van der Waals surface area contributed by atoms with Crippen LogP contribution in [0.15, 0.2) is 42.5 Å². The Morgan fingerprint density at radius 2 is 1.90 bits per heavy atom. The number of rotatable bonds is 4. The Kier molecular flexibility index (Phi) is 4.70. The fraction of sp³-hybridized carbons (Fsp3) is 0.188. The van der Waals surface area contributed by atoms with E-state index in [-0.39, 0.29) is 11.7 Å². The third-order valence-corrected chi connectivity index (χ3v) is 3.41. The van der Waals surface area contributed by atoms with Crippen LogP contribution in [0.4, 0.5) is 5.69 Å². The number of nitrogens with one attached hydrogen (secondary N) is 1. The predicted molar refractivity (Wildman–Crippen MR) is 84.9 cm³/mol. The lowest BCUT2D eigenvalue weighted by atomic mass is 10.1. The maximum absolute atomic E-state index is 12.1. The van der Waals surface area contributed by atoms with Crippen LogP contribution in [0.5, 0.6) is 5.75 Å². The van der Waals surface area contributed by atoms with Crippen molar-refractivity contribution in [1.29, 1.82) is 0 Å². The Morgan fingerprint density at radius 3 is 2.62 bits per heavy atom. The quantitative estimate of drug-likeness (QED) is 0.910. The van der Waals surface area contributed by atoms with Crippen molar-refractivity contribution in [1.82, 2.24) is 4.90 Å². The molecule has 0 spiro atoms. The third kappa shape index (κ3) is 3.47. The van der Waals surface area contributed by atoms with Crippen molar-refractivity contribution in [3.63, 3.8) is 0 Å². The normalized spacial score (nSPS) is 10.2. The second-order valence-electron chi connectivity index (χ2n) is 4.85. The van der Waals surface area contributed by atoms with Crippen LogP contribution in [0.25, 0.3) is 0 Å². The van der Waals surface area contributed by atoms with Crippen LogP contribution in [-0.4, -0.2) is 30.0 Å². The smallest absolute Gasteiger partial charge is 0.255 e. The van der Waals surface area contributed by atoms with Gasteiger partial charge in [0.05, 0.1) is 10.6 Å². The summed E-state index contributed by atoms with van der Waals surface area (Å²) in [7, 11) is 3.42. The highest BCUT2D eigenvalue weighted by molar-refractivity contribution is 6.32. The van der Waals surface area contributed by atoms with E-state index in [9.17, 15) is 9.90 Å². The summed E-state index contributed by atoms with van der Waals surface area (Å²) in [5, 5.41) is 13.4. The van der Waals surface area contributed by atoms with E-state index in [1.807, 2.05) is 18.2 Å². The van der Waals surface area contributed by atoms with E-state index >= 15 is 0 Å². The average Bonchev–Trinajstić information content (AvgIpc) is 2.48. The van der Waals surface area contributed by atoms with Crippen molar-refractivity contribution >= 4 is 23.2 Å². The molecule has 0 saturated heterocycles. The number of amides is 1. The van der Waals surface area contributed by atoms with E-state index in [1.165, 1.54) is 4.90 Å². The maximum Gasteiger partial charge on any atom is 0.255 e. The number of hydrogen-bond donors (Lipinski definition) is 2. The van der Waals surface area contributed by atoms with Crippen LogP contribution in [0.3, 0.4) is 0 Å². The summed E-state index contributed by atoms with van der Waals surface area (Å²) in [6.45, 7) is 0.379. The first kappa shape index (κ1) is 15.2. The number of anilines is 1. The van der Waals surface area contributed by atoms with Gasteiger partial charge in [-0.05, 0) is 18.2 Å². The second-order valence-corrected chi connectivity index (χ2v) is 5.25. The minimum atomic E-state index is -0.0755. The molecule has 0 atom stereocenters. The Hall–Kier alpha value is -2.20. The summed E-state index contributed by atoms with van der Waals surface area (Å²) >= 11 is 5.88. The number of halogens is 1. The van der Waals surface area contributed by atoms with Gasteiger partial charge in [-0.15, -0.1) is 0 Å². The first-order chi connectivity index (χ1) is 10.0. The number of nitrogens with zero attached hydrogens (tertiary/aromatic N) is 1. The first-order valence-corrected chi connectivity index (χ1v) is 6.89. The summed E-state index contributed by atoms with van der Waals surface area (Å²) in [5.74, 6) is -0.0171. The molecule has 0 bridgehead atoms. The molecule has 0 saturated carbocycles. The van der Waals surface area contributed by atoms with Gasteiger partial charge in [-0.3, -0.25) is 4.79 Å². The largest absolute Gasteiger partial charge is 0.506 e. The van der Waals surface area contributed by atoms with Gasteiger partial charge in [0.2, 0.25) is 0 Å². The Morgan fingerprint density at radius 1 is 1.19 bits per heavy atom. The van der Waals surface area contributed by atoms with Crippen molar-refractivity contribution in [2.45, 2.75) is 6.54 Å². The molecule has 0 fully saturated rings. The van der Waals surface area contributed by atoms with E-state index in [4.69, 9.17) is 11.6 Å². The van der Waals surface area contributed by atoms with Crippen molar-refractivity contribution in [3.05, 3.63) is 58.6 Å². The van der Waals surface area contributed by atoms with E-state index in [0.717, 1.165) is 5.69 Å². The zero-order valence-corrected chi connectivity index (χ0v) is 12.7. The van der Waals surface area contributed by atoms with Crippen LogP contribution < -0.4 is 5.32 Å². The number of carbonyl (C=O) groups is 1. The average molecular weight is 305 g/mol. The van der Waals surface area contributed by atoms with E-state index in [0.29, 0.717) is 22.7 Å². The van der Waals surface area contributed by atoms with Crippen molar-refractivity contribution in [2.24, 2.45) is 0 Å². The number of hydrogen-bond acceptors (Lipinski definition) is 3. The molecule has 110 valence electrons. The molecule has 2 N–H and O–H groups in total. The summed E-state index contributed by atoms with van der Waals surface area (Å²) < 4.78 is 0. The molecule has 2 aromatic carbocycles. The van der Waals surface area contributed by atoms with Gasteiger partial charge in [0.25, 0.3) is 5.91 Å². The standard InChI is InChI=1S/C16H17ClN2O2/c1-19(2)16(21)12-7-3-4-9-14(12)18-10-11-6-5-8-13(17)15(11)20/h3-9,18,20H,10H2,1-2H3. The highest BCUT2D eigenvalue weighted by Gasteiger charge is 2.13. The molecule has 21 heavy (non-hydrogen) atoms. The zero-order valence-electron chi connectivity index (χ0n) is 11.9. The number of phenols is 1. The summed E-state index contributed by atoms with van der Waals surface area (Å²) in [6.07, 6.45) is 0. The Bertz CT molecular complexity index is 656. The van der Waals surface area contributed by atoms with Crippen molar-refractivity contribution in [3.8, 4) is 5.75 Å². The molecule has 4 nitrogen and oxygen atoms in total. The molecule has 0 unspecified atom stereocenters. The van der Waals surface area contributed by atoms with Crippen molar-refractivity contribution in [2.75, 3.05) is 19.4 Å². The van der Waals surface area contributed by atoms with Gasteiger partial charge >= 0.3 is 0 Å². The molecule has 5 heteroatoms. The van der Waals surface area contributed by atoms with Gasteiger partial charge in [-0.2, -0.15) is 0 Å². The lowest BCUT2D eigenvalue weighted by Crippen LogP contribution is -2.22. The number of benzene rings is 2. The fourth-order valence-corrected chi connectivity index (χ4v) is 2.15. The van der Waals surface area contributed by atoms with Gasteiger partial charge in [0.15, 0.2) is 0 Å². The van der Waals surface area contributed by atoms with Crippen LogP contribution in [0, 0.1) is 0 Å². The Labute approximate surface area is 129 Å². The summed E-state index contributed by atoms with van der Waals surface area (Å²) in [6, 6.07) is 12.5. The molecule has 0 radical (unpaired) electrons. The molecular formula is C16H17ClN2O2. The highest BCUT2D eigenvalue weighted by atomic mass is 35.5. The molecule has 1 amide bonds. The summed E-state index contributed by atoms with van der Waals surface area (Å²) in [4.78, 5) is 13.6. The maximum atomic E-state index is 12.1. The fourth-order valence-electron chi connectivity index (χ4n) is 1.96. The van der Waals surface area contributed by atoms with Crippen LogP contribution >= 0.6 is 11.6 Å². The van der Waals surface area contributed by atoms with Gasteiger partial charge in [0, 0.05) is 31.9 Å². The van der Waals surface area contributed by atoms with Gasteiger partial charge in [-0.25, -0.2) is 0 Å². The monoisotopic (exact) mass is 304 g/mol. The number of carbonyl (C=O) groups excluding carboxylic acids is 1. The molecule has 2 aromatic rings. The van der Waals surface area contributed by atoms with Crippen molar-refractivity contribution < 1.29 is 9.90 Å². The lowest BCUT2D eigenvalue weighted by molar-refractivity contribution is 0.0828. The van der Waals surface area contributed by atoms with E-state index in [1.54, 1.807) is 38.4 Å². The Balaban J connectivity index is 2.21. The van der Waals surface area contributed by atoms with Gasteiger partial charge < -0.3 is 15.3 Å². The van der Waals surface area contributed by atoms with Gasteiger partial charge in [0.1, 0.15) is 5.75 Å². The summed E-state index contributed by atoms with van der Waals surface area (Å²) in [5.41, 5.74) is 1.98. The molecule has 0 aliphatic heterocycles. The van der Waals surface area contributed by atoms with E-state index in [2.05, 4.69) is 5.32 Å². The number of aromatic hydroxyl groups is 1. The molecule has 0 heterocycles. The minimum Gasteiger partial charge on any atom is -0.506 e. The topological polar surface area (TPSA) is 52.6 Å². The molecular weight excluding hydrogens is 288 g/mol. The number of para-hydroxylation sites is 2. The van der Waals surface area contributed by atoms with Crippen LogP contribution in [-0.2, 0) is 6.54 Å². The molecule has 2 rings (SSSR count). The van der Waals surface area contributed by atoms with Gasteiger partial charge in [-0.1, -0.05) is 35.9 Å². The highest BCUT2D eigenvalue weighted by Crippen LogP contribution is 2.28. The number of phenolic OH excluding ortho intramolecular Hbond substituents is 1. The van der Waals surface area contributed by atoms with Crippen LogP contribution in [0.2, 0.25) is 5.02 Å². The SMILES string of the molecule is CN(C)C(=O)c1ccccc1NCc1cccc(Cl)c1O. The molecule has 0 aliphatic carbocycles. The predicted octanol–water partition coefficient (Wildman–Crippen LogP) is 3.36. The minimum absolute atomic E-state index is 0.0584. The molecule has 0 aromatic heterocycles. The lowest BCUT2D eigenvalue weighted by Gasteiger charge is -2.15. The first-order valence-electron chi connectivity index (χ1n) is 6.51. The third-order valence-electron chi connectivity index (χ3n) is 3.10. The van der Waals surface area contributed by atoms with Crippen LogP contribution in [0.1, 0.15) is 15.9 Å². The zero-order chi connectivity index (χ0) is 15.4. The second kappa shape index (κ2) is 6.50.